The molecule has 0 aliphatic carbocycles. The summed E-state index contributed by atoms with van der Waals surface area (Å²) in [7, 11) is 7.76. The van der Waals surface area contributed by atoms with Crippen molar-refractivity contribution in [2.45, 2.75) is 33.7 Å². The Bertz CT molecular complexity index is 125. The van der Waals surface area contributed by atoms with Crippen molar-refractivity contribution in [3.05, 3.63) is 0 Å². The predicted molar refractivity (Wildman–Crippen MR) is 64.3 cm³/mol. The monoisotopic (exact) mass is 201 g/mol. The van der Waals surface area contributed by atoms with Crippen molar-refractivity contribution in [2.75, 3.05) is 34.7 Å². The second-order valence-corrected chi connectivity index (χ2v) is 2.87. The third-order valence-corrected chi connectivity index (χ3v) is 1.31. The van der Waals surface area contributed by atoms with Gasteiger partial charge in [0.05, 0.1) is 6.07 Å². The van der Waals surface area contributed by atoms with Gasteiger partial charge in [0.1, 0.15) is 6.04 Å². The van der Waals surface area contributed by atoms with E-state index in [-0.39, 0.29) is 6.04 Å². The topological polar surface area (TPSA) is 30.3 Å². The van der Waals surface area contributed by atoms with Crippen LogP contribution < -0.4 is 0 Å². The molecule has 0 bridgehead atoms. The third-order valence-electron chi connectivity index (χ3n) is 1.31. The molecule has 86 valence electrons. The zero-order valence-corrected chi connectivity index (χ0v) is 11.1. The average Bonchev–Trinajstić information content (AvgIpc) is 2.19. The Kier molecular flexibility index (Phi) is 20.3. The van der Waals surface area contributed by atoms with Crippen LogP contribution in [0.5, 0.6) is 0 Å². The van der Waals surface area contributed by atoms with E-state index >= 15 is 0 Å². The first-order chi connectivity index (χ1) is 6.57. The second-order valence-electron chi connectivity index (χ2n) is 2.87. The molecule has 0 aromatic rings. The Morgan fingerprint density at radius 2 is 1.36 bits per heavy atom. The highest BCUT2D eigenvalue weighted by atomic mass is 15.2. The summed E-state index contributed by atoms with van der Waals surface area (Å²) in [6, 6.07) is 2.23. The lowest BCUT2D eigenvalue weighted by atomic mass is 10.3. The number of nitriles is 1. The van der Waals surface area contributed by atoms with Crippen molar-refractivity contribution in [2.24, 2.45) is 0 Å². The van der Waals surface area contributed by atoms with Crippen LogP contribution in [0.15, 0.2) is 0 Å². The van der Waals surface area contributed by atoms with Gasteiger partial charge in [0.25, 0.3) is 0 Å². The molecule has 0 aromatic heterocycles. The lowest BCUT2D eigenvalue weighted by Crippen LogP contribution is -2.36. The molecule has 0 aliphatic heterocycles. The van der Waals surface area contributed by atoms with E-state index in [1.807, 2.05) is 65.7 Å². The smallest absolute Gasteiger partial charge is 0.110 e. The lowest BCUT2D eigenvalue weighted by molar-refractivity contribution is 0.272. The minimum atomic E-state index is 0.00926. The molecule has 1 unspecified atom stereocenters. The van der Waals surface area contributed by atoms with Crippen molar-refractivity contribution >= 4 is 0 Å². The first kappa shape index (κ1) is 19.1. The fraction of sp³-hybridized carbons (Fsp3) is 0.909. The van der Waals surface area contributed by atoms with Gasteiger partial charge in [0.15, 0.2) is 0 Å². The van der Waals surface area contributed by atoms with Gasteiger partial charge in [-0.2, -0.15) is 5.26 Å². The van der Waals surface area contributed by atoms with E-state index < -0.39 is 0 Å². The van der Waals surface area contributed by atoms with Gasteiger partial charge in [0, 0.05) is 6.54 Å². The first-order valence-electron chi connectivity index (χ1n) is 5.28. The van der Waals surface area contributed by atoms with Gasteiger partial charge in [-0.15, -0.1) is 0 Å². The molecule has 0 saturated heterocycles. The van der Waals surface area contributed by atoms with Crippen LogP contribution in [-0.2, 0) is 0 Å². The summed E-state index contributed by atoms with van der Waals surface area (Å²) in [5, 5.41) is 8.63. The predicted octanol–water partition coefficient (Wildman–Crippen LogP) is 2.05. The molecule has 0 radical (unpaired) electrons. The Labute approximate surface area is 90.3 Å². The summed E-state index contributed by atoms with van der Waals surface area (Å²) >= 11 is 0. The number of rotatable bonds is 3. The molecule has 0 fully saturated rings. The summed E-state index contributed by atoms with van der Waals surface area (Å²) in [5.74, 6) is 0. The van der Waals surface area contributed by atoms with E-state index in [1.54, 1.807) is 0 Å². The van der Waals surface area contributed by atoms with Crippen LogP contribution >= 0.6 is 0 Å². The molecule has 0 saturated carbocycles. The third kappa shape index (κ3) is 14.0. The minimum Gasteiger partial charge on any atom is -0.307 e. The Morgan fingerprint density at radius 3 is 1.43 bits per heavy atom. The summed E-state index contributed by atoms with van der Waals surface area (Å²) in [4.78, 5) is 3.92. The largest absolute Gasteiger partial charge is 0.307 e. The van der Waals surface area contributed by atoms with Crippen LogP contribution in [0.4, 0.5) is 0 Å². The van der Waals surface area contributed by atoms with E-state index in [0.29, 0.717) is 0 Å². The molecule has 0 N–H and O–H groups in total. The van der Waals surface area contributed by atoms with Crippen molar-refractivity contribution < 1.29 is 0 Å². The van der Waals surface area contributed by atoms with Gasteiger partial charge in [-0.25, -0.2) is 0 Å². The first-order valence-corrected chi connectivity index (χ1v) is 5.28. The van der Waals surface area contributed by atoms with Gasteiger partial charge < -0.3 is 4.90 Å². The number of nitrogens with zero attached hydrogens (tertiary/aromatic N) is 3. The van der Waals surface area contributed by atoms with Crippen LogP contribution in [-0.4, -0.2) is 50.6 Å². The number of hydrogen-bond donors (Lipinski definition) is 0. The van der Waals surface area contributed by atoms with Gasteiger partial charge in [-0.05, 0) is 28.2 Å². The SMILES string of the molecule is CC.CC.CN(C)CC(C#N)N(C)C. The maximum atomic E-state index is 8.63. The number of likely N-dealkylation sites (N-methyl/N-ethyl adjacent to an activating group) is 2. The maximum Gasteiger partial charge on any atom is 0.110 e. The highest BCUT2D eigenvalue weighted by molar-refractivity contribution is 4.90. The van der Waals surface area contributed by atoms with Crippen LogP contribution in [0, 0.1) is 11.3 Å². The van der Waals surface area contributed by atoms with Gasteiger partial charge in [-0.3, -0.25) is 4.90 Å². The average molecular weight is 201 g/mol. The molecule has 0 aromatic carbocycles. The van der Waals surface area contributed by atoms with Crippen LogP contribution in [0.25, 0.3) is 0 Å². The van der Waals surface area contributed by atoms with Gasteiger partial charge in [0.2, 0.25) is 0 Å². The van der Waals surface area contributed by atoms with Crippen LogP contribution in [0.2, 0.25) is 0 Å². The Balaban J connectivity index is -0.000000266. The highest BCUT2D eigenvalue weighted by Crippen LogP contribution is 1.91. The van der Waals surface area contributed by atoms with E-state index in [9.17, 15) is 0 Å². The molecule has 14 heavy (non-hydrogen) atoms. The van der Waals surface area contributed by atoms with Gasteiger partial charge in [-0.1, -0.05) is 27.7 Å². The molecular formula is C11H27N3. The molecule has 0 amide bonds. The van der Waals surface area contributed by atoms with E-state index in [1.165, 1.54) is 0 Å². The maximum absolute atomic E-state index is 8.63. The minimum absolute atomic E-state index is 0.00926. The van der Waals surface area contributed by atoms with Crippen molar-refractivity contribution in [3.8, 4) is 6.07 Å². The summed E-state index contributed by atoms with van der Waals surface area (Å²) in [6.07, 6.45) is 0. The molecule has 0 heterocycles. The second kappa shape index (κ2) is 14.9. The fourth-order valence-electron chi connectivity index (χ4n) is 0.665. The quantitative estimate of drug-likeness (QED) is 0.700. The molecule has 3 nitrogen and oxygen atoms in total. The van der Waals surface area contributed by atoms with Crippen LogP contribution in [0.1, 0.15) is 27.7 Å². The Morgan fingerprint density at radius 1 is 1.00 bits per heavy atom. The summed E-state index contributed by atoms with van der Waals surface area (Å²) in [5.41, 5.74) is 0. The highest BCUT2D eigenvalue weighted by Gasteiger charge is 2.09. The lowest BCUT2D eigenvalue weighted by Gasteiger charge is -2.20. The molecule has 1 atom stereocenters. The standard InChI is InChI=1S/C7H15N3.2C2H6/c1-9(2)6-7(5-8)10(3)4;2*1-2/h7H,6H2,1-4H3;2*1-2H3. The molecule has 0 spiro atoms. The summed E-state index contributed by atoms with van der Waals surface area (Å²) < 4.78 is 0. The molecule has 0 rings (SSSR count). The zero-order valence-electron chi connectivity index (χ0n) is 11.1. The zero-order chi connectivity index (χ0) is 12.1. The van der Waals surface area contributed by atoms with Crippen molar-refractivity contribution in [1.82, 2.24) is 9.80 Å². The molecule has 0 aliphatic rings. The van der Waals surface area contributed by atoms with Crippen molar-refractivity contribution in [3.63, 3.8) is 0 Å². The van der Waals surface area contributed by atoms with Crippen LogP contribution in [0.3, 0.4) is 0 Å². The summed E-state index contributed by atoms with van der Waals surface area (Å²) in [6.45, 7) is 8.80. The fourth-order valence-corrected chi connectivity index (χ4v) is 0.665. The normalized spacial score (nSPS) is 10.6. The Hall–Kier alpha value is -0.590. The van der Waals surface area contributed by atoms with E-state index in [0.717, 1.165) is 6.54 Å². The molecular weight excluding hydrogens is 174 g/mol. The van der Waals surface area contributed by atoms with E-state index in [2.05, 4.69) is 6.07 Å². The number of hydrogen-bond acceptors (Lipinski definition) is 3. The van der Waals surface area contributed by atoms with Crippen molar-refractivity contribution in [1.29, 1.82) is 5.26 Å². The van der Waals surface area contributed by atoms with Gasteiger partial charge >= 0.3 is 0 Å². The molecule has 3 heteroatoms. The van der Waals surface area contributed by atoms with E-state index in [4.69, 9.17) is 5.26 Å².